The van der Waals surface area contributed by atoms with Gasteiger partial charge in [0.15, 0.2) is 6.61 Å². The summed E-state index contributed by atoms with van der Waals surface area (Å²) in [4.78, 5) is 25.3. The van der Waals surface area contributed by atoms with Crippen molar-refractivity contribution in [1.29, 1.82) is 0 Å². The summed E-state index contributed by atoms with van der Waals surface area (Å²) in [7, 11) is 1.68. The Kier molecular flexibility index (Phi) is 6.63. The summed E-state index contributed by atoms with van der Waals surface area (Å²) in [5.74, 6) is 0.0726. The molecule has 0 unspecified atom stereocenters. The second-order valence-electron chi connectivity index (χ2n) is 5.26. The largest absolute Gasteiger partial charge is 0.484 e. The molecule has 2 aromatic rings. The van der Waals surface area contributed by atoms with Crippen LogP contribution >= 0.6 is 11.6 Å². The SMILES string of the molecule is CN(Cc1cccc(Cl)c1)C(=O)CNC(=O)COc1ccccc1. The van der Waals surface area contributed by atoms with Crippen LogP contribution in [0.5, 0.6) is 5.75 Å². The quantitative estimate of drug-likeness (QED) is 0.838. The predicted molar refractivity (Wildman–Crippen MR) is 92.9 cm³/mol. The Morgan fingerprint density at radius 3 is 2.58 bits per heavy atom. The van der Waals surface area contributed by atoms with Crippen molar-refractivity contribution in [1.82, 2.24) is 10.2 Å². The number of hydrogen-bond acceptors (Lipinski definition) is 3. The highest BCUT2D eigenvalue weighted by Gasteiger charge is 2.11. The zero-order valence-corrected chi connectivity index (χ0v) is 14.1. The number of halogens is 1. The van der Waals surface area contributed by atoms with Gasteiger partial charge in [-0.05, 0) is 29.8 Å². The smallest absolute Gasteiger partial charge is 0.258 e. The summed E-state index contributed by atoms with van der Waals surface area (Å²) >= 11 is 5.92. The van der Waals surface area contributed by atoms with Crippen molar-refractivity contribution in [3.05, 3.63) is 65.2 Å². The van der Waals surface area contributed by atoms with Gasteiger partial charge in [0, 0.05) is 18.6 Å². The van der Waals surface area contributed by atoms with Gasteiger partial charge < -0.3 is 15.0 Å². The van der Waals surface area contributed by atoms with Gasteiger partial charge in [0.2, 0.25) is 5.91 Å². The lowest BCUT2D eigenvalue weighted by atomic mass is 10.2. The molecule has 0 aromatic heterocycles. The van der Waals surface area contributed by atoms with Gasteiger partial charge in [-0.3, -0.25) is 9.59 Å². The molecule has 0 fully saturated rings. The molecule has 0 bridgehead atoms. The van der Waals surface area contributed by atoms with Crippen LogP contribution in [0.25, 0.3) is 0 Å². The Hall–Kier alpha value is -2.53. The molecular formula is C18H19ClN2O3. The molecule has 0 heterocycles. The number of nitrogens with one attached hydrogen (secondary N) is 1. The molecule has 2 rings (SSSR count). The fourth-order valence-corrected chi connectivity index (χ4v) is 2.24. The molecule has 0 aliphatic heterocycles. The van der Waals surface area contributed by atoms with Crippen LogP contribution in [0, 0.1) is 0 Å². The molecule has 0 aliphatic rings. The van der Waals surface area contributed by atoms with Crippen LogP contribution in [0.15, 0.2) is 54.6 Å². The van der Waals surface area contributed by atoms with Gasteiger partial charge in [-0.1, -0.05) is 41.9 Å². The Morgan fingerprint density at radius 2 is 1.88 bits per heavy atom. The van der Waals surface area contributed by atoms with E-state index in [9.17, 15) is 9.59 Å². The second kappa shape index (κ2) is 8.93. The first-order chi connectivity index (χ1) is 11.5. The maximum atomic E-state index is 12.0. The zero-order chi connectivity index (χ0) is 17.4. The first-order valence-corrected chi connectivity index (χ1v) is 7.85. The van der Waals surface area contributed by atoms with Crippen molar-refractivity contribution >= 4 is 23.4 Å². The molecule has 0 atom stereocenters. The van der Waals surface area contributed by atoms with Crippen LogP contribution < -0.4 is 10.1 Å². The molecule has 1 N–H and O–H groups in total. The lowest BCUT2D eigenvalue weighted by molar-refractivity contribution is -0.132. The van der Waals surface area contributed by atoms with Gasteiger partial charge >= 0.3 is 0 Å². The number of hydrogen-bond donors (Lipinski definition) is 1. The normalized spacial score (nSPS) is 10.1. The van der Waals surface area contributed by atoms with E-state index in [-0.39, 0.29) is 25.0 Å². The van der Waals surface area contributed by atoms with Crippen LogP contribution in [0.3, 0.4) is 0 Å². The van der Waals surface area contributed by atoms with Crippen molar-refractivity contribution in [3.63, 3.8) is 0 Å². The molecule has 126 valence electrons. The Labute approximate surface area is 146 Å². The number of carbonyl (C=O) groups excluding carboxylic acids is 2. The van der Waals surface area contributed by atoms with E-state index in [2.05, 4.69) is 5.32 Å². The van der Waals surface area contributed by atoms with E-state index >= 15 is 0 Å². The lowest BCUT2D eigenvalue weighted by Gasteiger charge is -2.17. The fourth-order valence-electron chi connectivity index (χ4n) is 2.02. The van der Waals surface area contributed by atoms with Gasteiger partial charge in [0.05, 0.1) is 6.54 Å². The van der Waals surface area contributed by atoms with E-state index in [1.165, 1.54) is 4.90 Å². The highest BCUT2D eigenvalue weighted by atomic mass is 35.5. The van der Waals surface area contributed by atoms with Gasteiger partial charge in [0.1, 0.15) is 5.75 Å². The molecular weight excluding hydrogens is 328 g/mol. The molecule has 0 radical (unpaired) electrons. The molecule has 0 saturated heterocycles. The second-order valence-corrected chi connectivity index (χ2v) is 5.69. The summed E-state index contributed by atoms with van der Waals surface area (Å²) in [5.41, 5.74) is 0.928. The number of ether oxygens (including phenoxy) is 1. The molecule has 2 amide bonds. The number of amides is 2. The minimum atomic E-state index is -0.344. The highest BCUT2D eigenvalue weighted by Crippen LogP contribution is 2.12. The van der Waals surface area contributed by atoms with Crippen LogP contribution in [0.1, 0.15) is 5.56 Å². The Balaban J connectivity index is 1.72. The highest BCUT2D eigenvalue weighted by molar-refractivity contribution is 6.30. The Morgan fingerprint density at radius 1 is 1.12 bits per heavy atom. The minimum absolute atomic E-state index is 0.0753. The topological polar surface area (TPSA) is 58.6 Å². The predicted octanol–water partition coefficient (Wildman–Crippen LogP) is 2.49. The van der Waals surface area contributed by atoms with Gasteiger partial charge in [0.25, 0.3) is 5.91 Å². The standard InChI is InChI=1S/C18H19ClN2O3/c1-21(12-14-6-5-7-15(19)10-14)18(23)11-20-17(22)13-24-16-8-3-2-4-9-16/h2-10H,11-13H2,1H3,(H,20,22). The third kappa shape index (κ3) is 5.93. The number of carbonyl (C=O) groups is 2. The van der Waals surface area contributed by atoms with Crippen molar-refractivity contribution in [3.8, 4) is 5.75 Å². The van der Waals surface area contributed by atoms with Gasteiger partial charge in [-0.25, -0.2) is 0 Å². The van der Waals surface area contributed by atoms with Crippen molar-refractivity contribution in [2.24, 2.45) is 0 Å². The summed E-state index contributed by atoms with van der Waals surface area (Å²) in [5, 5.41) is 3.17. The zero-order valence-electron chi connectivity index (χ0n) is 13.4. The third-order valence-corrected chi connectivity index (χ3v) is 3.52. The molecule has 24 heavy (non-hydrogen) atoms. The van der Waals surface area contributed by atoms with Crippen LogP contribution in [0.4, 0.5) is 0 Å². The lowest BCUT2D eigenvalue weighted by Crippen LogP contribution is -2.39. The summed E-state index contributed by atoms with van der Waals surface area (Å²) in [6.45, 7) is 0.221. The van der Waals surface area contributed by atoms with Gasteiger partial charge in [-0.2, -0.15) is 0 Å². The summed E-state index contributed by atoms with van der Waals surface area (Å²) < 4.78 is 5.32. The van der Waals surface area contributed by atoms with E-state index in [4.69, 9.17) is 16.3 Å². The van der Waals surface area contributed by atoms with Crippen molar-refractivity contribution in [2.45, 2.75) is 6.54 Å². The van der Waals surface area contributed by atoms with Gasteiger partial charge in [-0.15, -0.1) is 0 Å². The van der Waals surface area contributed by atoms with Crippen LogP contribution in [-0.4, -0.2) is 36.9 Å². The maximum absolute atomic E-state index is 12.0. The first-order valence-electron chi connectivity index (χ1n) is 7.47. The maximum Gasteiger partial charge on any atom is 0.258 e. The minimum Gasteiger partial charge on any atom is -0.484 e. The van der Waals surface area contributed by atoms with Crippen LogP contribution in [-0.2, 0) is 16.1 Å². The molecule has 0 aliphatic carbocycles. The number of nitrogens with zero attached hydrogens (tertiary/aromatic N) is 1. The van der Waals surface area contributed by atoms with Crippen molar-refractivity contribution < 1.29 is 14.3 Å². The number of para-hydroxylation sites is 1. The summed E-state index contributed by atoms with van der Waals surface area (Å²) in [6.07, 6.45) is 0. The van der Waals surface area contributed by atoms with E-state index in [0.29, 0.717) is 17.3 Å². The Bertz CT molecular complexity index is 692. The van der Waals surface area contributed by atoms with E-state index in [1.807, 2.05) is 30.3 Å². The molecule has 0 spiro atoms. The number of benzene rings is 2. The number of likely N-dealkylation sites (N-methyl/N-ethyl adjacent to an activating group) is 1. The third-order valence-electron chi connectivity index (χ3n) is 3.28. The van der Waals surface area contributed by atoms with E-state index in [0.717, 1.165) is 5.56 Å². The molecule has 5 nitrogen and oxygen atoms in total. The number of rotatable bonds is 7. The fraction of sp³-hybridized carbons (Fsp3) is 0.222. The summed E-state index contributed by atoms with van der Waals surface area (Å²) in [6, 6.07) is 16.3. The van der Waals surface area contributed by atoms with E-state index < -0.39 is 0 Å². The van der Waals surface area contributed by atoms with Crippen LogP contribution in [0.2, 0.25) is 5.02 Å². The van der Waals surface area contributed by atoms with Crippen molar-refractivity contribution in [2.75, 3.05) is 20.2 Å². The molecule has 6 heteroatoms. The monoisotopic (exact) mass is 346 g/mol. The van der Waals surface area contributed by atoms with E-state index in [1.54, 1.807) is 31.3 Å². The average Bonchev–Trinajstić information content (AvgIpc) is 2.58. The first kappa shape index (κ1) is 17.8. The average molecular weight is 347 g/mol. The molecule has 0 saturated carbocycles. The molecule has 2 aromatic carbocycles.